The number of aromatic nitrogens is 2. The fourth-order valence-electron chi connectivity index (χ4n) is 2.51. The molecule has 0 saturated carbocycles. The molecule has 0 bridgehead atoms. The van der Waals surface area contributed by atoms with Crippen molar-refractivity contribution in [2.75, 3.05) is 6.54 Å². The van der Waals surface area contributed by atoms with Crippen LogP contribution in [0.4, 0.5) is 0 Å². The molecule has 2 heterocycles. The number of fused-ring (bicyclic) bond motifs is 1. The Kier molecular flexibility index (Phi) is 3.85. The highest BCUT2D eigenvalue weighted by Gasteiger charge is 2.10. The largest absolute Gasteiger partial charge is 0.343 e. The molecule has 1 unspecified atom stereocenters. The van der Waals surface area contributed by atoms with Crippen molar-refractivity contribution in [3.63, 3.8) is 0 Å². The van der Waals surface area contributed by atoms with Crippen molar-refractivity contribution < 1.29 is 0 Å². The fraction of sp³-hybridized carbons (Fsp3) is 0.312. The Morgan fingerprint density at radius 2 is 2.10 bits per heavy atom. The number of thiazole rings is 1. The number of hydrogen-bond acceptors (Lipinski definition) is 3. The van der Waals surface area contributed by atoms with Crippen LogP contribution in [0, 0.1) is 0 Å². The maximum absolute atomic E-state index is 4.71. The minimum Gasteiger partial charge on any atom is -0.343 e. The third-order valence-electron chi connectivity index (χ3n) is 3.46. The van der Waals surface area contributed by atoms with Gasteiger partial charge in [0, 0.05) is 17.9 Å². The van der Waals surface area contributed by atoms with Gasteiger partial charge in [-0.05, 0) is 37.7 Å². The highest BCUT2D eigenvalue weighted by molar-refractivity contribution is 7.18. The molecule has 0 radical (unpaired) electrons. The van der Waals surface area contributed by atoms with Gasteiger partial charge < -0.3 is 9.88 Å². The second-order valence-electron chi connectivity index (χ2n) is 4.92. The van der Waals surface area contributed by atoms with Crippen LogP contribution in [0.2, 0.25) is 0 Å². The summed E-state index contributed by atoms with van der Waals surface area (Å²) >= 11 is 1.78. The first-order chi connectivity index (χ1) is 9.78. The van der Waals surface area contributed by atoms with Crippen LogP contribution >= 0.6 is 11.3 Å². The minimum atomic E-state index is 0.365. The van der Waals surface area contributed by atoms with Crippen LogP contribution in [-0.2, 0) is 6.54 Å². The Balaban J connectivity index is 1.86. The first-order valence-corrected chi connectivity index (χ1v) is 7.82. The summed E-state index contributed by atoms with van der Waals surface area (Å²) in [6, 6.07) is 13.0. The van der Waals surface area contributed by atoms with E-state index in [1.54, 1.807) is 11.3 Å². The molecule has 104 valence electrons. The Bertz CT molecular complexity index is 665. The van der Waals surface area contributed by atoms with Crippen molar-refractivity contribution in [2.24, 2.45) is 0 Å². The molecule has 3 rings (SSSR count). The third kappa shape index (κ3) is 2.62. The second kappa shape index (κ2) is 5.77. The van der Waals surface area contributed by atoms with Gasteiger partial charge in [-0.15, -0.1) is 11.3 Å². The standard InChI is InChI=1S/C16H19N3S/c1-3-17-12(2)14-8-6-10-19(14)11-16-18-13-7-4-5-9-15(13)20-16/h4-10,12,17H,3,11H2,1-2H3. The highest BCUT2D eigenvalue weighted by atomic mass is 32.1. The summed E-state index contributed by atoms with van der Waals surface area (Å²) in [7, 11) is 0. The maximum Gasteiger partial charge on any atom is 0.114 e. The molecule has 0 saturated heterocycles. The van der Waals surface area contributed by atoms with Crippen LogP contribution in [0.3, 0.4) is 0 Å². The summed E-state index contributed by atoms with van der Waals surface area (Å²) < 4.78 is 3.54. The van der Waals surface area contributed by atoms with Crippen LogP contribution in [0.1, 0.15) is 30.6 Å². The summed E-state index contributed by atoms with van der Waals surface area (Å²) in [6.07, 6.45) is 2.13. The van der Waals surface area contributed by atoms with Gasteiger partial charge in [0.05, 0.1) is 16.8 Å². The first-order valence-electron chi connectivity index (χ1n) is 7.01. The average Bonchev–Trinajstić information content (AvgIpc) is 3.05. The van der Waals surface area contributed by atoms with E-state index in [-0.39, 0.29) is 0 Å². The molecule has 20 heavy (non-hydrogen) atoms. The lowest BCUT2D eigenvalue weighted by Gasteiger charge is -2.15. The van der Waals surface area contributed by atoms with E-state index in [0.29, 0.717) is 6.04 Å². The zero-order chi connectivity index (χ0) is 13.9. The molecule has 0 fully saturated rings. The summed E-state index contributed by atoms with van der Waals surface area (Å²) in [5.74, 6) is 0. The van der Waals surface area contributed by atoms with Gasteiger partial charge in [-0.25, -0.2) is 4.98 Å². The van der Waals surface area contributed by atoms with E-state index in [4.69, 9.17) is 4.98 Å². The zero-order valence-corrected chi connectivity index (χ0v) is 12.7. The van der Waals surface area contributed by atoms with E-state index in [9.17, 15) is 0 Å². The SMILES string of the molecule is CCNC(C)c1cccn1Cc1nc2ccccc2s1. The topological polar surface area (TPSA) is 29.9 Å². The predicted octanol–water partition coefficient (Wildman–Crippen LogP) is 3.82. The highest BCUT2D eigenvalue weighted by Crippen LogP contribution is 2.23. The Morgan fingerprint density at radius 3 is 2.90 bits per heavy atom. The zero-order valence-electron chi connectivity index (χ0n) is 11.8. The number of nitrogens with one attached hydrogen (secondary N) is 1. The van der Waals surface area contributed by atoms with E-state index in [2.05, 4.69) is 60.3 Å². The average molecular weight is 285 g/mol. The van der Waals surface area contributed by atoms with E-state index >= 15 is 0 Å². The number of hydrogen-bond donors (Lipinski definition) is 1. The van der Waals surface area contributed by atoms with Gasteiger partial charge in [-0.3, -0.25) is 0 Å². The molecular weight excluding hydrogens is 266 g/mol. The molecule has 0 spiro atoms. The second-order valence-corrected chi connectivity index (χ2v) is 6.03. The molecule has 0 aliphatic heterocycles. The number of nitrogens with zero attached hydrogens (tertiary/aromatic N) is 2. The Hall–Kier alpha value is -1.65. The monoisotopic (exact) mass is 285 g/mol. The fourth-order valence-corrected chi connectivity index (χ4v) is 3.47. The lowest BCUT2D eigenvalue weighted by Crippen LogP contribution is -2.20. The van der Waals surface area contributed by atoms with Crippen LogP contribution in [-0.4, -0.2) is 16.1 Å². The number of rotatable bonds is 5. The number of benzene rings is 1. The lowest BCUT2D eigenvalue weighted by atomic mass is 10.2. The van der Waals surface area contributed by atoms with Gasteiger partial charge in [0.15, 0.2) is 0 Å². The quantitative estimate of drug-likeness (QED) is 0.772. The van der Waals surface area contributed by atoms with Gasteiger partial charge in [0.1, 0.15) is 5.01 Å². The maximum atomic E-state index is 4.71. The lowest BCUT2D eigenvalue weighted by molar-refractivity contribution is 0.553. The van der Waals surface area contributed by atoms with Gasteiger partial charge in [-0.2, -0.15) is 0 Å². The van der Waals surface area contributed by atoms with E-state index in [1.165, 1.54) is 10.4 Å². The molecule has 0 aliphatic rings. The third-order valence-corrected chi connectivity index (χ3v) is 4.48. The van der Waals surface area contributed by atoms with E-state index in [0.717, 1.165) is 23.6 Å². The molecule has 3 nitrogen and oxygen atoms in total. The van der Waals surface area contributed by atoms with Gasteiger partial charge in [0.2, 0.25) is 0 Å². The molecule has 1 N–H and O–H groups in total. The van der Waals surface area contributed by atoms with Crippen LogP contribution in [0.5, 0.6) is 0 Å². The molecule has 0 aliphatic carbocycles. The van der Waals surface area contributed by atoms with Crippen molar-refractivity contribution in [1.82, 2.24) is 14.9 Å². The van der Waals surface area contributed by atoms with Crippen LogP contribution in [0.25, 0.3) is 10.2 Å². The predicted molar refractivity (Wildman–Crippen MR) is 85.2 cm³/mol. The van der Waals surface area contributed by atoms with Crippen molar-refractivity contribution in [3.8, 4) is 0 Å². The van der Waals surface area contributed by atoms with Crippen molar-refractivity contribution in [3.05, 3.63) is 53.3 Å². The van der Waals surface area contributed by atoms with Crippen molar-refractivity contribution in [2.45, 2.75) is 26.4 Å². The number of para-hydroxylation sites is 1. The minimum absolute atomic E-state index is 0.365. The van der Waals surface area contributed by atoms with Crippen LogP contribution in [0.15, 0.2) is 42.6 Å². The van der Waals surface area contributed by atoms with Gasteiger partial charge >= 0.3 is 0 Å². The van der Waals surface area contributed by atoms with E-state index < -0.39 is 0 Å². The molecule has 3 aromatic rings. The Labute approximate surface area is 123 Å². The first kappa shape index (κ1) is 13.3. The Morgan fingerprint density at radius 1 is 1.25 bits per heavy atom. The van der Waals surface area contributed by atoms with Crippen molar-refractivity contribution in [1.29, 1.82) is 0 Å². The van der Waals surface area contributed by atoms with Gasteiger partial charge in [0.25, 0.3) is 0 Å². The summed E-state index contributed by atoms with van der Waals surface area (Å²) in [5, 5.41) is 4.62. The summed E-state index contributed by atoms with van der Waals surface area (Å²) in [6.45, 7) is 6.16. The molecular formula is C16H19N3S. The summed E-state index contributed by atoms with van der Waals surface area (Å²) in [4.78, 5) is 4.71. The molecule has 1 aromatic carbocycles. The molecule has 2 aromatic heterocycles. The molecule has 4 heteroatoms. The smallest absolute Gasteiger partial charge is 0.114 e. The van der Waals surface area contributed by atoms with E-state index in [1.807, 2.05) is 6.07 Å². The van der Waals surface area contributed by atoms with Crippen molar-refractivity contribution >= 4 is 21.6 Å². The summed E-state index contributed by atoms with van der Waals surface area (Å²) in [5.41, 5.74) is 2.41. The normalized spacial score (nSPS) is 12.9. The molecule has 0 amide bonds. The van der Waals surface area contributed by atoms with Gasteiger partial charge in [-0.1, -0.05) is 19.1 Å². The molecule has 1 atom stereocenters. The van der Waals surface area contributed by atoms with Crippen LogP contribution < -0.4 is 5.32 Å².